The van der Waals surface area contributed by atoms with Gasteiger partial charge in [-0.05, 0) is 58.8 Å². The topological polar surface area (TPSA) is 89.1 Å². The van der Waals surface area contributed by atoms with E-state index >= 15 is 0 Å². The summed E-state index contributed by atoms with van der Waals surface area (Å²) in [6, 6.07) is 15.4. The number of hydrogen-bond donors (Lipinski definition) is 2. The third kappa shape index (κ3) is 6.22. The van der Waals surface area contributed by atoms with E-state index in [0.29, 0.717) is 16.0 Å². The number of anilines is 1. The predicted molar refractivity (Wildman–Crippen MR) is 120 cm³/mol. The smallest absolute Gasteiger partial charge is 0.415 e. The molecule has 0 aliphatic carbocycles. The highest BCUT2D eigenvalue weighted by Crippen LogP contribution is 2.23. The van der Waals surface area contributed by atoms with Crippen molar-refractivity contribution < 1.29 is 23.9 Å². The minimum absolute atomic E-state index is 0.0983. The van der Waals surface area contributed by atoms with Crippen LogP contribution in [0.15, 0.2) is 65.3 Å². The van der Waals surface area contributed by atoms with Gasteiger partial charge >= 0.3 is 6.09 Å². The van der Waals surface area contributed by atoms with Crippen LogP contribution in [0.25, 0.3) is 0 Å². The number of benzene rings is 2. The fourth-order valence-electron chi connectivity index (χ4n) is 2.95. The van der Waals surface area contributed by atoms with Gasteiger partial charge in [-0.1, -0.05) is 30.3 Å². The van der Waals surface area contributed by atoms with E-state index in [9.17, 15) is 9.59 Å². The number of carbonyl (C=O) groups is 2. The third-order valence-electron chi connectivity index (χ3n) is 4.64. The van der Waals surface area contributed by atoms with E-state index in [2.05, 4.69) is 26.7 Å². The molecule has 2 amide bonds. The number of rotatable bonds is 8. The molecule has 31 heavy (non-hydrogen) atoms. The van der Waals surface area contributed by atoms with Crippen molar-refractivity contribution in [2.75, 3.05) is 18.6 Å². The Morgan fingerprint density at radius 3 is 2.52 bits per heavy atom. The minimum atomic E-state index is -0.821. The highest BCUT2D eigenvalue weighted by molar-refractivity contribution is 9.11. The monoisotopic (exact) mass is 489 g/mol. The van der Waals surface area contributed by atoms with Crippen molar-refractivity contribution in [3.63, 3.8) is 0 Å². The number of nitrogens with one attached hydrogen (secondary N) is 2. The molecule has 1 aliphatic rings. The maximum atomic E-state index is 13.0. The molecule has 3 rings (SSSR count). The van der Waals surface area contributed by atoms with Crippen molar-refractivity contribution in [1.29, 1.82) is 0 Å². The minimum Gasteiger partial charge on any atom is -0.497 e. The lowest BCUT2D eigenvalue weighted by Crippen LogP contribution is -2.49. The molecule has 0 radical (unpaired) electrons. The predicted octanol–water partition coefficient (Wildman–Crippen LogP) is 3.48. The van der Waals surface area contributed by atoms with Crippen molar-refractivity contribution in [3.05, 3.63) is 70.8 Å². The van der Waals surface area contributed by atoms with Crippen LogP contribution < -0.4 is 20.4 Å². The highest BCUT2D eigenvalue weighted by Gasteiger charge is 2.29. The number of ether oxygens (including phenoxy) is 2. The first-order chi connectivity index (χ1) is 15.0. The highest BCUT2D eigenvalue weighted by atomic mass is 79.9. The Labute approximate surface area is 189 Å². The molecule has 8 nitrogen and oxygen atoms in total. The molecule has 1 unspecified atom stereocenters. The number of nitrogens with zero attached hydrogens (tertiary/aromatic N) is 1. The van der Waals surface area contributed by atoms with Gasteiger partial charge in [0.05, 0.1) is 13.7 Å². The second-order valence-electron chi connectivity index (χ2n) is 6.80. The molecule has 9 heteroatoms. The quantitative estimate of drug-likeness (QED) is 0.551. The Bertz CT molecular complexity index is 921. The van der Waals surface area contributed by atoms with E-state index in [0.717, 1.165) is 5.56 Å². The summed E-state index contributed by atoms with van der Waals surface area (Å²) in [7, 11) is 1.56. The third-order valence-corrected chi connectivity index (χ3v) is 5.06. The molecule has 2 N–H and O–H groups in total. The fourth-order valence-corrected chi connectivity index (χ4v) is 3.34. The summed E-state index contributed by atoms with van der Waals surface area (Å²) in [4.78, 5) is 32.4. The molecule has 0 bridgehead atoms. The van der Waals surface area contributed by atoms with E-state index in [1.165, 1.54) is 4.90 Å². The van der Waals surface area contributed by atoms with Crippen molar-refractivity contribution in [1.82, 2.24) is 10.8 Å². The van der Waals surface area contributed by atoms with E-state index in [4.69, 9.17) is 14.3 Å². The summed E-state index contributed by atoms with van der Waals surface area (Å²) in [6.07, 6.45) is 0.850. The average Bonchev–Trinajstić information content (AvgIpc) is 3.22. The molecule has 0 fully saturated rings. The molecule has 0 saturated carbocycles. The zero-order valence-corrected chi connectivity index (χ0v) is 18.8. The number of halogens is 1. The summed E-state index contributed by atoms with van der Waals surface area (Å²) < 4.78 is 11.4. The van der Waals surface area contributed by atoms with E-state index in [-0.39, 0.29) is 25.2 Å². The van der Waals surface area contributed by atoms with Gasteiger partial charge in [0.2, 0.25) is 5.91 Å². The van der Waals surface area contributed by atoms with Crippen LogP contribution in [0.4, 0.5) is 10.5 Å². The summed E-state index contributed by atoms with van der Waals surface area (Å²) in [6.45, 7) is 1.99. The first kappa shape index (κ1) is 22.6. The van der Waals surface area contributed by atoms with Crippen LogP contribution in [0.3, 0.4) is 0 Å². The maximum Gasteiger partial charge on any atom is 0.415 e. The number of hydroxylamine groups is 1. The fraction of sp³-hybridized carbons (Fsp3) is 0.273. The van der Waals surface area contributed by atoms with Crippen LogP contribution in [-0.4, -0.2) is 37.8 Å². The van der Waals surface area contributed by atoms with Gasteiger partial charge in [0.1, 0.15) is 29.1 Å². The van der Waals surface area contributed by atoms with Gasteiger partial charge in [-0.3, -0.25) is 20.0 Å². The summed E-state index contributed by atoms with van der Waals surface area (Å²) in [5.41, 5.74) is 4.03. The van der Waals surface area contributed by atoms with E-state index < -0.39 is 12.1 Å². The summed E-state index contributed by atoms with van der Waals surface area (Å²) >= 11 is 3.27. The Morgan fingerprint density at radius 2 is 1.90 bits per heavy atom. The second-order valence-corrected chi connectivity index (χ2v) is 7.66. The van der Waals surface area contributed by atoms with Crippen molar-refractivity contribution >= 4 is 33.6 Å². The lowest BCUT2D eigenvalue weighted by atomic mass is 10.2. The first-order valence-corrected chi connectivity index (χ1v) is 10.5. The Morgan fingerprint density at radius 1 is 1.19 bits per heavy atom. The molecular formula is C22H24BrN3O5. The van der Waals surface area contributed by atoms with Crippen LogP contribution in [0.5, 0.6) is 5.75 Å². The zero-order chi connectivity index (χ0) is 22.2. The Balaban J connectivity index is 1.71. The van der Waals surface area contributed by atoms with Crippen LogP contribution >= 0.6 is 15.9 Å². The van der Waals surface area contributed by atoms with Gasteiger partial charge in [0, 0.05) is 5.69 Å². The van der Waals surface area contributed by atoms with Crippen molar-refractivity contribution in [2.45, 2.75) is 25.7 Å². The van der Waals surface area contributed by atoms with Gasteiger partial charge < -0.3 is 14.8 Å². The average molecular weight is 490 g/mol. The van der Waals surface area contributed by atoms with Gasteiger partial charge in [0.25, 0.3) is 0 Å². The standard InChI is InChI=1S/C22H24BrN3O5/c1-15(21(27)24-13-19-12-20(23)25-31-19)26(17-8-10-18(29-2)11-9-17)22(28)30-14-16-6-4-3-5-7-16/h3-12,15,19,25H,13-14H2,1-2H3,(H,24,27)/t15-,19?/m0/s1. The van der Waals surface area contributed by atoms with Crippen LogP contribution in [0.2, 0.25) is 0 Å². The molecule has 1 aliphatic heterocycles. The molecular weight excluding hydrogens is 466 g/mol. The van der Waals surface area contributed by atoms with Crippen LogP contribution in [0.1, 0.15) is 12.5 Å². The maximum absolute atomic E-state index is 13.0. The van der Waals surface area contributed by atoms with Gasteiger partial charge in [-0.25, -0.2) is 4.79 Å². The SMILES string of the molecule is COc1ccc(N(C(=O)OCc2ccccc2)[C@@H](C)C(=O)NCC2C=C(Br)NO2)cc1. The molecule has 2 aromatic carbocycles. The largest absolute Gasteiger partial charge is 0.497 e. The Kier molecular flexibility index (Phi) is 7.91. The molecule has 2 aromatic rings. The molecule has 2 atom stereocenters. The van der Waals surface area contributed by atoms with E-state index in [1.54, 1.807) is 44.4 Å². The number of hydrogen-bond acceptors (Lipinski definition) is 6. The number of amides is 2. The van der Waals surface area contributed by atoms with E-state index in [1.807, 2.05) is 30.3 Å². The first-order valence-electron chi connectivity index (χ1n) is 9.68. The molecule has 0 spiro atoms. The van der Waals surface area contributed by atoms with Crippen molar-refractivity contribution in [2.24, 2.45) is 0 Å². The summed E-state index contributed by atoms with van der Waals surface area (Å²) in [5.74, 6) is 0.300. The van der Waals surface area contributed by atoms with Gasteiger partial charge in [-0.2, -0.15) is 0 Å². The molecule has 164 valence electrons. The van der Waals surface area contributed by atoms with Crippen molar-refractivity contribution in [3.8, 4) is 5.75 Å². The summed E-state index contributed by atoms with van der Waals surface area (Å²) in [5, 5.41) is 2.80. The molecule has 0 saturated heterocycles. The van der Waals surface area contributed by atoms with Crippen LogP contribution in [0, 0.1) is 0 Å². The lowest BCUT2D eigenvalue weighted by Gasteiger charge is -2.28. The number of methoxy groups -OCH3 is 1. The lowest BCUT2D eigenvalue weighted by molar-refractivity contribution is -0.122. The molecule has 1 heterocycles. The zero-order valence-electron chi connectivity index (χ0n) is 17.2. The van der Waals surface area contributed by atoms with Gasteiger partial charge in [-0.15, -0.1) is 0 Å². The number of carbonyl (C=O) groups excluding carboxylic acids is 2. The van der Waals surface area contributed by atoms with Gasteiger partial charge in [0.15, 0.2) is 0 Å². The Hall–Kier alpha value is -3.04. The normalized spacial score (nSPS) is 16.0. The van der Waals surface area contributed by atoms with Crippen LogP contribution in [-0.2, 0) is 21.0 Å². The molecule has 0 aromatic heterocycles. The second kappa shape index (κ2) is 10.8.